The number of nitriles is 1. The first-order valence-corrected chi connectivity index (χ1v) is 6.52. The highest BCUT2D eigenvalue weighted by atomic mass is 79.9. The van der Waals surface area contributed by atoms with Gasteiger partial charge in [0.2, 0.25) is 0 Å². The van der Waals surface area contributed by atoms with Crippen molar-refractivity contribution in [3.05, 3.63) is 46.2 Å². The van der Waals surface area contributed by atoms with Crippen LogP contribution in [0, 0.1) is 17.1 Å². The smallest absolute Gasteiger partial charge is 0.144 e. The van der Waals surface area contributed by atoms with E-state index in [-0.39, 0.29) is 5.56 Å². The van der Waals surface area contributed by atoms with Gasteiger partial charge in [0.05, 0.1) is 19.8 Å². The second-order valence-corrected chi connectivity index (χ2v) is 4.73. The number of rotatable bonds is 3. The predicted molar refractivity (Wildman–Crippen MR) is 77.4 cm³/mol. The van der Waals surface area contributed by atoms with Crippen molar-refractivity contribution in [2.75, 3.05) is 14.2 Å². The Hall–Kier alpha value is -2.06. The Kier molecular flexibility index (Phi) is 4.26. The highest BCUT2D eigenvalue weighted by molar-refractivity contribution is 9.10. The van der Waals surface area contributed by atoms with Gasteiger partial charge in [-0.05, 0) is 34.1 Å². The van der Waals surface area contributed by atoms with E-state index in [1.54, 1.807) is 31.4 Å². The quantitative estimate of drug-likeness (QED) is 0.846. The van der Waals surface area contributed by atoms with Crippen LogP contribution < -0.4 is 9.47 Å². The topological polar surface area (TPSA) is 42.2 Å². The summed E-state index contributed by atoms with van der Waals surface area (Å²) in [5.41, 5.74) is 1.09. The van der Waals surface area contributed by atoms with Gasteiger partial charge < -0.3 is 9.47 Å². The minimum absolute atomic E-state index is 0.0112. The molecule has 102 valence electrons. The summed E-state index contributed by atoms with van der Waals surface area (Å²) in [4.78, 5) is 0. The lowest BCUT2D eigenvalue weighted by Crippen LogP contribution is -1.95. The van der Waals surface area contributed by atoms with Crippen LogP contribution in [0.15, 0.2) is 34.8 Å². The van der Waals surface area contributed by atoms with Crippen LogP contribution in [0.3, 0.4) is 0 Å². The van der Waals surface area contributed by atoms with Crippen LogP contribution >= 0.6 is 15.9 Å². The molecule has 5 heteroatoms. The molecule has 0 aliphatic rings. The van der Waals surface area contributed by atoms with E-state index < -0.39 is 5.82 Å². The highest BCUT2D eigenvalue weighted by Crippen LogP contribution is 2.43. The fourth-order valence-corrected chi connectivity index (χ4v) is 2.64. The number of nitrogens with zero attached hydrogens (tertiary/aromatic N) is 1. The summed E-state index contributed by atoms with van der Waals surface area (Å²) in [5, 5.41) is 9.13. The van der Waals surface area contributed by atoms with Gasteiger partial charge in [-0.2, -0.15) is 5.26 Å². The second-order valence-electron chi connectivity index (χ2n) is 3.94. The number of hydrogen-bond acceptors (Lipinski definition) is 3. The van der Waals surface area contributed by atoms with E-state index in [1.165, 1.54) is 13.2 Å². The van der Waals surface area contributed by atoms with Crippen molar-refractivity contribution in [3.63, 3.8) is 0 Å². The number of methoxy groups -OCH3 is 2. The van der Waals surface area contributed by atoms with Crippen LogP contribution in [-0.4, -0.2) is 14.2 Å². The molecule has 0 fully saturated rings. The zero-order chi connectivity index (χ0) is 14.7. The van der Waals surface area contributed by atoms with E-state index in [4.69, 9.17) is 14.7 Å². The fourth-order valence-electron chi connectivity index (χ4n) is 1.97. The van der Waals surface area contributed by atoms with Crippen LogP contribution in [-0.2, 0) is 0 Å². The zero-order valence-corrected chi connectivity index (χ0v) is 12.5. The maximum Gasteiger partial charge on any atom is 0.144 e. The summed E-state index contributed by atoms with van der Waals surface area (Å²) in [5.74, 6) is 0.533. The summed E-state index contributed by atoms with van der Waals surface area (Å²) in [6, 6.07) is 9.84. The average Bonchev–Trinajstić information content (AvgIpc) is 2.46. The Labute approximate surface area is 124 Å². The van der Waals surface area contributed by atoms with Crippen molar-refractivity contribution in [1.82, 2.24) is 0 Å². The van der Waals surface area contributed by atoms with Gasteiger partial charge in [0.25, 0.3) is 0 Å². The lowest BCUT2D eigenvalue weighted by atomic mass is 9.99. The van der Waals surface area contributed by atoms with Crippen molar-refractivity contribution in [3.8, 4) is 28.7 Å². The number of ether oxygens (including phenoxy) is 2. The Morgan fingerprint density at radius 1 is 1.10 bits per heavy atom. The summed E-state index contributed by atoms with van der Waals surface area (Å²) in [7, 11) is 3.05. The summed E-state index contributed by atoms with van der Waals surface area (Å²) in [6.07, 6.45) is 0. The first-order chi connectivity index (χ1) is 9.63. The molecular weight excluding hydrogens is 325 g/mol. The maximum atomic E-state index is 13.7. The lowest BCUT2D eigenvalue weighted by Gasteiger charge is -2.14. The molecule has 0 aliphatic carbocycles. The Morgan fingerprint density at radius 3 is 2.45 bits per heavy atom. The molecule has 0 N–H and O–H groups in total. The molecule has 0 saturated heterocycles. The molecule has 0 spiro atoms. The summed E-state index contributed by atoms with van der Waals surface area (Å²) in [6.45, 7) is 0. The second kappa shape index (κ2) is 5.93. The first-order valence-electron chi connectivity index (χ1n) is 5.73. The van der Waals surface area contributed by atoms with Crippen LogP contribution in [0.1, 0.15) is 5.56 Å². The predicted octanol–water partition coefficient (Wildman–Crippen LogP) is 4.14. The minimum Gasteiger partial charge on any atom is -0.495 e. The van der Waals surface area contributed by atoms with Gasteiger partial charge in [-0.1, -0.05) is 12.1 Å². The molecule has 0 aliphatic heterocycles. The van der Waals surface area contributed by atoms with Crippen molar-refractivity contribution < 1.29 is 13.9 Å². The van der Waals surface area contributed by atoms with Gasteiger partial charge in [0.15, 0.2) is 0 Å². The molecule has 0 saturated carbocycles. The molecule has 0 radical (unpaired) electrons. The van der Waals surface area contributed by atoms with Crippen molar-refractivity contribution in [2.24, 2.45) is 0 Å². The van der Waals surface area contributed by atoms with Crippen LogP contribution in [0.4, 0.5) is 4.39 Å². The molecule has 3 nitrogen and oxygen atoms in total. The van der Waals surface area contributed by atoms with Crippen molar-refractivity contribution in [2.45, 2.75) is 0 Å². The Morgan fingerprint density at radius 2 is 1.85 bits per heavy atom. The number of hydrogen-bond donors (Lipinski definition) is 0. The average molecular weight is 336 g/mol. The van der Waals surface area contributed by atoms with Gasteiger partial charge in [-0.25, -0.2) is 4.39 Å². The summed E-state index contributed by atoms with van der Waals surface area (Å²) >= 11 is 3.39. The van der Waals surface area contributed by atoms with Gasteiger partial charge in [0, 0.05) is 11.1 Å². The third kappa shape index (κ3) is 2.35. The summed E-state index contributed by atoms with van der Waals surface area (Å²) < 4.78 is 24.9. The molecule has 2 aromatic rings. The molecule has 0 heterocycles. The van der Waals surface area contributed by atoms with E-state index in [9.17, 15) is 4.39 Å². The monoisotopic (exact) mass is 335 g/mol. The molecule has 0 atom stereocenters. The zero-order valence-electron chi connectivity index (χ0n) is 10.9. The van der Waals surface area contributed by atoms with Crippen LogP contribution in [0.25, 0.3) is 11.1 Å². The largest absolute Gasteiger partial charge is 0.495 e. The fraction of sp³-hybridized carbons (Fsp3) is 0.133. The van der Waals surface area contributed by atoms with E-state index in [2.05, 4.69) is 15.9 Å². The normalized spacial score (nSPS) is 9.95. The molecule has 0 amide bonds. The van der Waals surface area contributed by atoms with Gasteiger partial charge in [0.1, 0.15) is 27.9 Å². The Bertz CT molecular complexity index is 695. The van der Waals surface area contributed by atoms with Gasteiger partial charge in [-0.3, -0.25) is 0 Å². The molecule has 2 aromatic carbocycles. The van der Waals surface area contributed by atoms with Crippen LogP contribution in [0.5, 0.6) is 11.5 Å². The first kappa shape index (κ1) is 14.4. The minimum atomic E-state index is -0.556. The van der Waals surface area contributed by atoms with Gasteiger partial charge >= 0.3 is 0 Å². The number of benzene rings is 2. The SMILES string of the molecule is COc1ccc(-c2cccc(F)c2C#N)c(OC)c1Br. The van der Waals surface area contributed by atoms with E-state index in [0.717, 1.165) is 0 Å². The maximum absolute atomic E-state index is 13.7. The van der Waals surface area contributed by atoms with Crippen molar-refractivity contribution >= 4 is 15.9 Å². The molecule has 0 aromatic heterocycles. The third-order valence-electron chi connectivity index (χ3n) is 2.90. The van der Waals surface area contributed by atoms with E-state index >= 15 is 0 Å². The third-order valence-corrected chi connectivity index (χ3v) is 3.65. The Balaban J connectivity index is 2.75. The molecule has 2 rings (SSSR count). The molecule has 0 bridgehead atoms. The molecular formula is C15H11BrFNO2. The molecule has 0 unspecified atom stereocenters. The van der Waals surface area contributed by atoms with E-state index in [1.807, 2.05) is 6.07 Å². The highest BCUT2D eigenvalue weighted by Gasteiger charge is 2.18. The van der Waals surface area contributed by atoms with E-state index in [0.29, 0.717) is 27.1 Å². The van der Waals surface area contributed by atoms with Gasteiger partial charge in [-0.15, -0.1) is 0 Å². The lowest BCUT2D eigenvalue weighted by molar-refractivity contribution is 0.390. The standard InChI is InChI=1S/C15H11BrFNO2/c1-19-13-7-6-10(15(20-2)14(13)16)9-4-3-5-12(17)11(9)8-18/h3-7H,1-2H3. The van der Waals surface area contributed by atoms with Crippen molar-refractivity contribution in [1.29, 1.82) is 5.26 Å². The number of halogens is 2. The van der Waals surface area contributed by atoms with Crippen LogP contribution in [0.2, 0.25) is 0 Å². The molecule has 20 heavy (non-hydrogen) atoms.